The Morgan fingerprint density at radius 3 is 2.50 bits per heavy atom. The van der Waals surface area contributed by atoms with Crippen molar-refractivity contribution in [3.8, 4) is 0 Å². The van der Waals surface area contributed by atoms with E-state index in [0.717, 1.165) is 29.3 Å². The maximum atomic E-state index is 12.3. The molecule has 0 atom stereocenters. The molecule has 1 aliphatic carbocycles. The fourth-order valence-corrected chi connectivity index (χ4v) is 3.03. The van der Waals surface area contributed by atoms with E-state index in [2.05, 4.69) is 21.2 Å². The van der Waals surface area contributed by atoms with Gasteiger partial charge < -0.3 is 5.32 Å². The summed E-state index contributed by atoms with van der Waals surface area (Å²) in [4.78, 5) is 12.3. The Labute approximate surface area is 117 Å². The van der Waals surface area contributed by atoms with Crippen molar-refractivity contribution in [2.24, 2.45) is 0 Å². The second-order valence-corrected chi connectivity index (χ2v) is 5.51. The number of hydrogen-bond acceptors (Lipinski definition) is 1. The van der Waals surface area contributed by atoms with Gasteiger partial charge in [0.15, 0.2) is 0 Å². The molecule has 1 aromatic carbocycles. The summed E-state index contributed by atoms with van der Waals surface area (Å²) in [5.74, 6) is 0.0805. The van der Waals surface area contributed by atoms with Crippen LogP contribution in [0.15, 0.2) is 24.3 Å². The minimum Gasteiger partial charge on any atom is -0.349 e. The van der Waals surface area contributed by atoms with E-state index in [1.54, 1.807) is 0 Å². The van der Waals surface area contributed by atoms with E-state index >= 15 is 0 Å². The molecule has 0 saturated heterocycles. The van der Waals surface area contributed by atoms with E-state index in [9.17, 15) is 4.79 Å². The van der Waals surface area contributed by atoms with Crippen LogP contribution in [-0.4, -0.2) is 11.9 Å². The number of benzene rings is 1. The first-order valence-electron chi connectivity index (χ1n) is 6.76. The third-order valence-electron chi connectivity index (χ3n) is 3.60. The van der Waals surface area contributed by atoms with Gasteiger partial charge in [-0.25, -0.2) is 0 Å². The van der Waals surface area contributed by atoms with Crippen LogP contribution in [0.4, 0.5) is 0 Å². The van der Waals surface area contributed by atoms with Gasteiger partial charge in [0.25, 0.3) is 5.91 Å². The van der Waals surface area contributed by atoms with Gasteiger partial charge >= 0.3 is 0 Å². The van der Waals surface area contributed by atoms with Crippen molar-refractivity contribution >= 4 is 21.8 Å². The fraction of sp³-hybridized carbons (Fsp3) is 0.533. The number of nitrogens with one attached hydrogen (secondary N) is 1. The van der Waals surface area contributed by atoms with E-state index in [-0.39, 0.29) is 5.91 Å². The molecule has 0 spiro atoms. The quantitative estimate of drug-likeness (QED) is 0.663. The molecule has 1 amide bonds. The lowest BCUT2D eigenvalue weighted by Gasteiger charge is -2.17. The monoisotopic (exact) mass is 309 g/mol. The Morgan fingerprint density at radius 2 is 1.83 bits per heavy atom. The first-order valence-corrected chi connectivity index (χ1v) is 7.88. The molecule has 2 nitrogen and oxygen atoms in total. The average Bonchev–Trinajstić information content (AvgIpc) is 2.67. The third-order valence-corrected chi connectivity index (χ3v) is 4.20. The van der Waals surface area contributed by atoms with Crippen molar-refractivity contribution < 1.29 is 4.79 Å². The molecule has 1 N–H and O–H groups in total. The largest absolute Gasteiger partial charge is 0.349 e. The third kappa shape index (κ3) is 3.58. The van der Waals surface area contributed by atoms with Gasteiger partial charge in [0.1, 0.15) is 0 Å². The van der Waals surface area contributed by atoms with Crippen molar-refractivity contribution in [3.63, 3.8) is 0 Å². The molecule has 0 bridgehead atoms. The second-order valence-electron chi connectivity index (χ2n) is 4.95. The average molecular weight is 310 g/mol. The number of amides is 1. The Bertz CT molecular complexity index is 397. The number of carbonyl (C=O) groups is 1. The zero-order valence-corrected chi connectivity index (χ0v) is 12.2. The van der Waals surface area contributed by atoms with Gasteiger partial charge in [-0.05, 0) is 24.5 Å². The molecular weight excluding hydrogens is 290 g/mol. The van der Waals surface area contributed by atoms with Crippen LogP contribution in [0.3, 0.4) is 0 Å². The van der Waals surface area contributed by atoms with E-state index in [0.29, 0.717) is 6.04 Å². The van der Waals surface area contributed by atoms with Gasteiger partial charge in [0.05, 0.1) is 0 Å². The fourth-order valence-electron chi connectivity index (χ4n) is 2.55. The summed E-state index contributed by atoms with van der Waals surface area (Å²) in [7, 11) is 0. The van der Waals surface area contributed by atoms with Crippen molar-refractivity contribution in [2.45, 2.75) is 49.9 Å². The molecule has 2 rings (SSSR count). The van der Waals surface area contributed by atoms with E-state index in [1.165, 1.54) is 25.7 Å². The molecule has 0 unspecified atom stereocenters. The lowest BCUT2D eigenvalue weighted by atomic mass is 10.1. The molecule has 0 radical (unpaired) electrons. The van der Waals surface area contributed by atoms with Crippen LogP contribution < -0.4 is 5.32 Å². The Hall–Kier alpha value is -0.830. The molecule has 3 heteroatoms. The van der Waals surface area contributed by atoms with E-state index in [1.807, 2.05) is 24.3 Å². The lowest BCUT2D eigenvalue weighted by molar-refractivity contribution is 0.0932. The number of alkyl halides is 1. The zero-order chi connectivity index (χ0) is 12.8. The highest BCUT2D eigenvalue weighted by molar-refractivity contribution is 9.08. The molecule has 1 aromatic rings. The summed E-state index contributed by atoms with van der Waals surface area (Å²) in [6.07, 6.45) is 7.36. The molecule has 0 aliphatic heterocycles. The highest BCUT2D eigenvalue weighted by Gasteiger charge is 2.17. The first kappa shape index (κ1) is 13.6. The normalized spacial score (nSPS) is 17.2. The summed E-state index contributed by atoms with van der Waals surface area (Å²) in [5.41, 5.74) is 1.86. The maximum Gasteiger partial charge on any atom is 0.251 e. The molecule has 0 heterocycles. The number of rotatable bonds is 3. The van der Waals surface area contributed by atoms with Gasteiger partial charge in [-0.3, -0.25) is 4.79 Å². The number of carbonyl (C=O) groups excluding carboxylic acids is 1. The van der Waals surface area contributed by atoms with Gasteiger partial charge in [-0.1, -0.05) is 59.8 Å². The van der Waals surface area contributed by atoms with Gasteiger partial charge in [0, 0.05) is 16.9 Å². The molecule has 1 aliphatic rings. The molecule has 0 aromatic heterocycles. The van der Waals surface area contributed by atoms with Crippen LogP contribution in [0.2, 0.25) is 0 Å². The predicted octanol–water partition coefficient (Wildman–Crippen LogP) is 4.03. The summed E-state index contributed by atoms with van der Waals surface area (Å²) < 4.78 is 0. The highest BCUT2D eigenvalue weighted by atomic mass is 79.9. The van der Waals surface area contributed by atoms with Crippen molar-refractivity contribution in [1.29, 1.82) is 0 Å². The second kappa shape index (κ2) is 6.93. The summed E-state index contributed by atoms with van der Waals surface area (Å²) >= 11 is 3.43. The Morgan fingerprint density at radius 1 is 1.17 bits per heavy atom. The topological polar surface area (TPSA) is 29.1 Å². The van der Waals surface area contributed by atoms with Crippen LogP contribution in [-0.2, 0) is 5.33 Å². The molecule has 1 fully saturated rings. The Balaban J connectivity index is 2.02. The molecule has 18 heavy (non-hydrogen) atoms. The standard InChI is InChI=1S/C15H20BrNO/c16-11-12-7-5-6-10-14(12)15(18)17-13-8-3-1-2-4-9-13/h5-7,10,13H,1-4,8-9,11H2,(H,17,18). The Kier molecular flexibility index (Phi) is 5.24. The first-order chi connectivity index (χ1) is 8.81. The van der Waals surface area contributed by atoms with E-state index in [4.69, 9.17) is 0 Å². The zero-order valence-electron chi connectivity index (χ0n) is 10.6. The van der Waals surface area contributed by atoms with Crippen LogP contribution in [0.5, 0.6) is 0 Å². The molecule has 98 valence electrons. The predicted molar refractivity (Wildman–Crippen MR) is 78.0 cm³/mol. The van der Waals surface area contributed by atoms with Crippen LogP contribution in [0.25, 0.3) is 0 Å². The van der Waals surface area contributed by atoms with Crippen molar-refractivity contribution in [2.75, 3.05) is 0 Å². The van der Waals surface area contributed by atoms with Gasteiger partial charge in [-0.15, -0.1) is 0 Å². The van der Waals surface area contributed by atoms with Gasteiger partial charge in [-0.2, -0.15) is 0 Å². The van der Waals surface area contributed by atoms with Crippen molar-refractivity contribution in [1.82, 2.24) is 5.32 Å². The highest BCUT2D eigenvalue weighted by Crippen LogP contribution is 2.18. The van der Waals surface area contributed by atoms with Crippen molar-refractivity contribution in [3.05, 3.63) is 35.4 Å². The lowest BCUT2D eigenvalue weighted by Crippen LogP contribution is -2.34. The minimum atomic E-state index is 0.0805. The minimum absolute atomic E-state index is 0.0805. The smallest absolute Gasteiger partial charge is 0.251 e. The summed E-state index contributed by atoms with van der Waals surface area (Å²) in [6.45, 7) is 0. The maximum absolute atomic E-state index is 12.3. The molecular formula is C15H20BrNO. The number of hydrogen-bond donors (Lipinski definition) is 1. The molecule has 1 saturated carbocycles. The summed E-state index contributed by atoms with van der Waals surface area (Å²) in [5, 5.41) is 3.91. The summed E-state index contributed by atoms with van der Waals surface area (Å²) in [6, 6.07) is 8.16. The van der Waals surface area contributed by atoms with Crippen LogP contribution in [0.1, 0.15) is 54.4 Å². The van der Waals surface area contributed by atoms with Gasteiger partial charge in [0.2, 0.25) is 0 Å². The van der Waals surface area contributed by atoms with Crippen LogP contribution >= 0.6 is 15.9 Å². The van der Waals surface area contributed by atoms with E-state index < -0.39 is 0 Å². The SMILES string of the molecule is O=C(NC1CCCCCC1)c1ccccc1CBr. The number of halogens is 1. The van der Waals surface area contributed by atoms with Crippen LogP contribution in [0, 0.1) is 0 Å².